The van der Waals surface area contributed by atoms with Gasteiger partial charge in [0.05, 0.1) is 6.42 Å². The molecular formula is C58H96N12O12. The molecule has 460 valence electrons. The Kier molecular flexibility index (Phi) is 28.9. The maximum absolute atomic E-state index is 14.9. The number of likely N-dealkylation sites (tertiary alicyclic amines) is 2. The number of nitrogens with one attached hydrogen (secondary N) is 6. The zero-order valence-corrected chi connectivity index (χ0v) is 50.3. The van der Waals surface area contributed by atoms with Crippen molar-refractivity contribution in [1.82, 2.24) is 51.5 Å². The van der Waals surface area contributed by atoms with Crippen molar-refractivity contribution in [3.63, 3.8) is 0 Å². The van der Waals surface area contributed by atoms with Gasteiger partial charge in [0.1, 0.15) is 54.4 Å². The van der Waals surface area contributed by atoms with Crippen molar-refractivity contribution in [2.75, 3.05) is 40.8 Å². The normalized spacial score (nSPS) is 19.0. The molecule has 0 radical (unpaired) electrons. The molecule has 11 atom stereocenters. The van der Waals surface area contributed by atoms with Gasteiger partial charge in [-0.25, -0.2) is 0 Å². The molecule has 0 aliphatic carbocycles. The number of nitrogens with two attached hydrogens (primary N) is 2. The lowest BCUT2D eigenvalue weighted by Gasteiger charge is -2.36. The number of carbonyl (C=O) groups is 11. The lowest BCUT2D eigenvalue weighted by Crippen LogP contribution is -2.61. The summed E-state index contributed by atoms with van der Waals surface area (Å²) in [4.78, 5) is 157. The third-order valence-corrected chi connectivity index (χ3v) is 15.1. The van der Waals surface area contributed by atoms with Gasteiger partial charge >= 0.3 is 5.97 Å². The summed E-state index contributed by atoms with van der Waals surface area (Å²) in [6, 6.07) is -2.69. The van der Waals surface area contributed by atoms with E-state index in [4.69, 9.17) is 11.5 Å². The molecule has 24 heteroatoms. The molecule has 0 spiro atoms. The van der Waals surface area contributed by atoms with Crippen LogP contribution in [0.15, 0.2) is 30.3 Å². The molecule has 0 bridgehead atoms. The lowest BCUT2D eigenvalue weighted by molar-refractivity contribution is -0.150. The van der Waals surface area contributed by atoms with Crippen molar-refractivity contribution >= 4 is 65.0 Å². The van der Waals surface area contributed by atoms with Gasteiger partial charge in [-0.05, 0) is 82.9 Å². The molecule has 1 aromatic carbocycles. The van der Waals surface area contributed by atoms with Crippen LogP contribution in [0, 0.1) is 17.8 Å². The fourth-order valence-electron chi connectivity index (χ4n) is 10.4. The standard InChI is InChI=1S/C58H96N12O12/c1-12-14-15-16-20-25-47(71)61-37(8)51(75)62-40(29-38-22-18-17-19-23-38)52(76)65-43(33-67(9)10)53(77)63-41(27-34(3)4)57(81)70-32-39(59)30-46(70)58(82)68(11)45(28-35(5)6)55(79)64-42(31-48(72)73)56(80)69-26-21-24-44(69)54(78)66-49(50(60)74)36(7)13-2/h17-19,22-23,34-37,39-46,49H,12-16,20-21,24-33,59H2,1-11H3,(H2,60,74)(H,61,71)(H,62,75)(H,63,77)(H,64,79)(H,65,76)(H,66,78)(H,72,73)/t36-,37+,39+,40-,41-,42-,43+,44-,45-,46-,49-/m0/s1. The van der Waals surface area contributed by atoms with Gasteiger partial charge in [0.2, 0.25) is 59.1 Å². The molecule has 2 heterocycles. The van der Waals surface area contributed by atoms with Crippen molar-refractivity contribution in [3.8, 4) is 0 Å². The number of carboxylic acid groups (broad SMARTS) is 1. The van der Waals surface area contributed by atoms with E-state index in [0.717, 1.165) is 30.6 Å². The van der Waals surface area contributed by atoms with E-state index < -0.39 is 126 Å². The SMILES string of the molecule is CCCCCCCC(=O)N[C@H](C)C(=O)N[C@@H](Cc1ccccc1)C(=O)N[C@H](CN(C)C)C(=O)N[C@@H](CC(C)C)C(=O)N1C[C@H](N)C[C@H]1C(=O)N(C)[C@@H](CC(C)C)C(=O)N[C@@H](CC(=O)O)C(=O)N1CCC[C@H]1C(=O)N[C@H](C(N)=O)[C@@H](C)CC. The summed E-state index contributed by atoms with van der Waals surface area (Å²) >= 11 is 0. The quantitative estimate of drug-likeness (QED) is 0.0434. The Labute approximate surface area is 484 Å². The highest BCUT2D eigenvalue weighted by molar-refractivity contribution is 5.99. The Hall–Kier alpha value is -6.69. The topological polar surface area (TPSA) is 345 Å². The van der Waals surface area contributed by atoms with Gasteiger partial charge in [-0.3, -0.25) is 52.7 Å². The number of benzene rings is 1. The monoisotopic (exact) mass is 1150 g/mol. The van der Waals surface area contributed by atoms with Crippen LogP contribution in [-0.4, -0.2) is 191 Å². The molecule has 0 aromatic heterocycles. The first-order valence-electron chi connectivity index (χ1n) is 29.2. The number of likely N-dealkylation sites (N-methyl/N-ethyl adjacent to an activating group) is 2. The first-order chi connectivity index (χ1) is 38.6. The van der Waals surface area contributed by atoms with Crippen LogP contribution in [0.25, 0.3) is 0 Å². The number of rotatable bonds is 34. The first-order valence-corrected chi connectivity index (χ1v) is 29.2. The summed E-state index contributed by atoms with van der Waals surface area (Å²) < 4.78 is 0. The molecule has 3 rings (SSSR count). The maximum atomic E-state index is 14.9. The maximum Gasteiger partial charge on any atom is 0.305 e. The molecule has 11 N–H and O–H groups in total. The highest BCUT2D eigenvalue weighted by Crippen LogP contribution is 2.25. The minimum Gasteiger partial charge on any atom is -0.481 e. The van der Waals surface area contributed by atoms with Crippen LogP contribution in [0.4, 0.5) is 0 Å². The van der Waals surface area contributed by atoms with E-state index in [1.54, 1.807) is 70.1 Å². The van der Waals surface area contributed by atoms with Crippen molar-refractivity contribution in [2.45, 2.75) is 206 Å². The predicted octanol–water partition coefficient (Wildman–Crippen LogP) is 0.924. The molecule has 0 saturated carbocycles. The second-order valence-electron chi connectivity index (χ2n) is 23.4. The molecule has 2 aliphatic rings. The van der Waals surface area contributed by atoms with E-state index in [2.05, 4.69) is 38.8 Å². The summed E-state index contributed by atoms with van der Waals surface area (Å²) in [5.74, 6) is -8.88. The number of hydrogen-bond donors (Lipinski definition) is 9. The predicted molar refractivity (Wildman–Crippen MR) is 309 cm³/mol. The van der Waals surface area contributed by atoms with Gasteiger partial charge < -0.3 is 68.1 Å². The molecule has 1 aromatic rings. The van der Waals surface area contributed by atoms with Crippen LogP contribution < -0.4 is 43.4 Å². The van der Waals surface area contributed by atoms with E-state index in [1.165, 1.54) is 23.8 Å². The highest BCUT2D eigenvalue weighted by Gasteiger charge is 2.46. The van der Waals surface area contributed by atoms with E-state index in [-0.39, 0.29) is 81.8 Å². The lowest BCUT2D eigenvalue weighted by atomic mass is 9.98. The van der Waals surface area contributed by atoms with Crippen LogP contribution in [-0.2, 0) is 59.2 Å². The number of unbranched alkanes of at least 4 members (excludes halogenated alkanes) is 4. The average molecular weight is 1150 g/mol. The van der Waals surface area contributed by atoms with Gasteiger partial charge in [0.25, 0.3) is 0 Å². The van der Waals surface area contributed by atoms with Gasteiger partial charge in [-0.2, -0.15) is 0 Å². The van der Waals surface area contributed by atoms with Gasteiger partial charge in [-0.1, -0.05) is 111 Å². The van der Waals surface area contributed by atoms with Crippen molar-refractivity contribution < 1.29 is 57.8 Å². The number of carboxylic acids is 1. The summed E-state index contributed by atoms with van der Waals surface area (Å²) in [5, 5.41) is 26.3. The Bertz CT molecular complexity index is 2340. The van der Waals surface area contributed by atoms with Crippen LogP contribution in [0.5, 0.6) is 0 Å². The van der Waals surface area contributed by atoms with E-state index in [0.29, 0.717) is 24.8 Å². The van der Waals surface area contributed by atoms with Crippen molar-refractivity contribution in [3.05, 3.63) is 35.9 Å². The summed E-state index contributed by atoms with van der Waals surface area (Å²) in [6.07, 6.45) is 5.39. The van der Waals surface area contributed by atoms with Crippen LogP contribution in [0.2, 0.25) is 0 Å². The molecule has 2 saturated heterocycles. The molecule has 82 heavy (non-hydrogen) atoms. The van der Waals surface area contributed by atoms with Gasteiger partial charge in [0, 0.05) is 45.6 Å². The van der Waals surface area contributed by atoms with Crippen LogP contribution in [0.1, 0.15) is 144 Å². The van der Waals surface area contributed by atoms with Crippen molar-refractivity contribution in [2.24, 2.45) is 29.2 Å². The zero-order chi connectivity index (χ0) is 61.5. The number of aliphatic carboxylic acids is 1. The van der Waals surface area contributed by atoms with E-state index in [9.17, 15) is 57.8 Å². The fourth-order valence-corrected chi connectivity index (χ4v) is 10.4. The Balaban J connectivity index is 1.88. The molecule has 2 fully saturated rings. The van der Waals surface area contributed by atoms with Gasteiger partial charge in [0.15, 0.2) is 0 Å². The average Bonchev–Trinajstić information content (AvgIpc) is 4.08. The second kappa shape index (κ2) is 34.0. The summed E-state index contributed by atoms with van der Waals surface area (Å²) in [5.41, 5.74) is 12.8. The molecule has 24 nitrogen and oxygen atoms in total. The Morgan fingerprint density at radius 3 is 1.85 bits per heavy atom. The number of nitrogens with zero attached hydrogens (tertiary/aromatic N) is 4. The van der Waals surface area contributed by atoms with Crippen LogP contribution in [0.3, 0.4) is 0 Å². The number of amides is 10. The first kappa shape index (κ1) is 69.6. The van der Waals surface area contributed by atoms with E-state index in [1.807, 2.05) is 20.8 Å². The molecule has 2 aliphatic heterocycles. The summed E-state index contributed by atoms with van der Waals surface area (Å²) in [6.45, 7) is 14.4. The number of primary amides is 1. The minimum atomic E-state index is -1.66. The van der Waals surface area contributed by atoms with Crippen molar-refractivity contribution in [1.29, 1.82) is 0 Å². The highest BCUT2D eigenvalue weighted by atomic mass is 16.4. The smallest absolute Gasteiger partial charge is 0.305 e. The molecule has 10 amide bonds. The Morgan fingerprint density at radius 2 is 1.27 bits per heavy atom. The van der Waals surface area contributed by atoms with Gasteiger partial charge in [-0.15, -0.1) is 0 Å². The summed E-state index contributed by atoms with van der Waals surface area (Å²) in [7, 11) is 4.75. The third-order valence-electron chi connectivity index (χ3n) is 15.1. The number of carbonyl (C=O) groups excluding carboxylic acids is 10. The van der Waals surface area contributed by atoms with Crippen LogP contribution >= 0.6 is 0 Å². The fraction of sp³-hybridized carbons (Fsp3) is 0.707. The van der Waals surface area contributed by atoms with E-state index >= 15 is 0 Å². The largest absolute Gasteiger partial charge is 0.481 e. The zero-order valence-electron chi connectivity index (χ0n) is 50.3. The minimum absolute atomic E-state index is 0.0192. The molecular weight excluding hydrogens is 1060 g/mol. The second-order valence-corrected chi connectivity index (χ2v) is 23.4. The molecule has 0 unspecified atom stereocenters. The number of hydrogen-bond acceptors (Lipinski definition) is 13. The third kappa shape index (κ3) is 21.9. The Morgan fingerprint density at radius 1 is 0.683 bits per heavy atom.